The summed E-state index contributed by atoms with van der Waals surface area (Å²) >= 11 is 0. The van der Waals surface area contributed by atoms with Crippen LogP contribution in [0.25, 0.3) is 0 Å². The van der Waals surface area contributed by atoms with Gasteiger partial charge in [-0.2, -0.15) is 0 Å². The maximum atomic E-state index is 12.7. The molecule has 7 nitrogen and oxygen atoms in total. The summed E-state index contributed by atoms with van der Waals surface area (Å²) in [5, 5.41) is 2.90. The third kappa shape index (κ3) is 5.39. The lowest BCUT2D eigenvalue weighted by Gasteiger charge is -2.25. The third-order valence-electron chi connectivity index (χ3n) is 4.29. The van der Waals surface area contributed by atoms with Gasteiger partial charge in [0.2, 0.25) is 15.9 Å². The smallest absolute Gasteiger partial charge is 0.241 e. The molecule has 0 saturated heterocycles. The highest BCUT2D eigenvalue weighted by atomic mass is 32.2. The highest BCUT2D eigenvalue weighted by molar-refractivity contribution is 7.92. The Hall–Kier alpha value is -2.74. The first-order valence-corrected chi connectivity index (χ1v) is 10.7. The van der Waals surface area contributed by atoms with Gasteiger partial charge in [-0.25, -0.2) is 8.42 Å². The molecule has 0 radical (unpaired) electrons. The lowest BCUT2D eigenvalue weighted by Crippen LogP contribution is -2.41. The van der Waals surface area contributed by atoms with Crippen molar-refractivity contribution < 1.29 is 22.7 Å². The summed E-state index contributed by atoms with van der Waals surface area (Å²) in [7, 11) is -0.821. The van der Waals surface area contributed by atoms with Gasteiger partial charge < -0.3 is 14.8 Å². The molecule has 1 atom stereocenters. The average molecular weight is 407 g/mol. The Bertz CT molecular complexity index is 900. The molecule has 0 bridgehead atoms. The number of carbonyl (C=O) groups is 1. The molecular formula is C20H26N2O5S. The highest BCUT2D eigenvalue weighted by Gasteiger charge is 2.25. The minimum Gasteiger partial charge on any atom is -0.497 e. The molecule has 2 aromatic carbocycles. The van der Waals surface area contributed by atoms with Gasteiger partial charge in [0.05, 0.1) is 32.2 Å². The van der Waals surface area contributed by atoms with E-state index in [4.69, 9.17) is 9.47 Å². The van der Waals surface area contributed by atoms with Crippen molar-refractivity contribution >= 4 is 21.6 Å². The number of methoxy groups -OCH3 is 2. The number of hydrogen-bond donors (Lipinski definition) is 1. The van der Waals surface area contributed by atoms with Crippen LogP contribution in [0.1, 0.15) is 24.9 Å². The second kappa shape index (κ2) is 9.45. The van der Waals surface area contributed by atoms with E-state index in [2.05, 4.69) is 5.32 Å². The summed E-state index contributed by atoms with van der Waals surface area (Å²) < 4.78 is 36.3. The fourth-order valence-electron chi connectivity index (χ4n) is 2.85. The van der Waals surface area contributed by atoms with Gasteiger partial charge in [0.25, 0.3) is 0 Å². The van der Waals surface area contributed by atoms with Gasteiger partial charge in [-0.15, -0.1) is 0 Å². The van der Waals surface area contributed by atoms with E-state index < -0.39 is 15.9 Å². The number of nitrogens with zero attached hydrogens (tertiary/aromatic N) is 1. The molecule has 0 aliphatic rings. The van der Waals surface area contributed by atoms with E-state index in [1.165, 1.54) is 20.3 Å². The van der Waals surface area contributed by atoms with Crippen LogP contribution < -0.4 is 19.1 Å². The largest absolute Gasteiger partial charge is 0.497 e. The average Bonchev–Trinajstić information content (AvgIpc) is 2.69. The first-order chi connectivity index (χ1) is 13.3. The normalized spacial score (nSPS) is 12.1. The molecule has 0 spiro atoms. The molecule has 0 aliphatic carbocycles. The van der Waals surface area contributed by atoms with Gasteiger partial charge in [-0.05, 0) is 24.1 Å². The van der Waals surface area contributed by atoms with Crippen molar-refractivity contribution in [3.63, 3.8) is 0 Å². The summed E-state index contributed by atoms with van der Waals surface area (Å²) in [5.74, 6) is 0.376. The standard InChI is InChI=1S/C20H26N2O5S/c1-5-17(15-9-7-6-8-10-15)21-20(23)14-22(28(4,24)25)18-13-16(26-2)11-12-19(18)27-3/h6-13,17H,5,14H2,1-4H3,(H,21,23)/t17-/m0/s1. The third-order valence-corrected chi connectivity index (χ3v) is 5.41. The van der Waals surface area contributed by atoms with Crippen LogP contribution >= 0.6 is 0 Å². The summed E-state index contributed by atoms with van der Waals surface area (Å²) in [5.41, 5.74) is 1.20. The molecular weight excluding hydrogens is 380 g/mol. The first kappa shape index (κ1) is 21.6. The van der Waals surface area contributed by atoms with Crippen molar-refractivity contribution in [2.24, 2.45) is 0 Å². The minimum absolute atomic E-state index is 0.206. The lowest BCUT2D eigenvalue weighted by atomic mass is 10.0. The van der Waals surface area contributed by atoms with Crippen molar-refractivity contribution in [2.75, 3.05) is 31.3 Å². The molecule has 0 fully saturated rings. The van der Waals surface area contributed by atoms with Crippen LogP contribution in [0.4, 0.5) is 5.69 Å². The minimum atomic E-state index is -3.74. The van der Waals surface area contributed by atoms with Gasteiger partial charge in [0, 0.05) is 6.07 Å². The molecule has 0 unspecified atom stereocenters. The Labute approximate surface area is 166 Å². The maximum Gasteiger partial charge on any atom is 0.241 e. The van der Waals surface area contributed by atoms with Crippen molar-refractivity contribution in [2.45, 2.75) is 19.4 Å². The predicted octanol–water partition coefficient (Wildman–Crippen LogP) is 2.74. The van der Waals surface area contributed by atoms with E-state index in [0.29, 0.717) is 17.9 Å². The molecule has 0 aromatic heterocycles. The van der Waals surface area contributed by atoms with Crippen LogP contribution in [0, 0.1) is 0 Å². The Kier molecular flexibility index (Phi) is 7.28. The van der Waals surface area contributed by atoms with Crippen LogP contribution in [0.15, 0.2) is 48.5 Å². The van der Waals surface area contributed by atoms with Crippen LogP contribution in [0.5, 0.6) is 11.5 Å². The Morgan fingerprint density at radius 3 is 2.32 bits per heavy atom. The van der Waals surface area contributed by atoms with Crippen molar-refractivity contribution in [3.8, 4) is 11.5 Å². The van der Waals surface area contributed by atoms with Crippen molar-refractivity contribution in [3.05, 3.63) is 54.1 Å². The number of hydrogen-bond acceptors (Lipinski definition) is 5. The first-order valence-electron chi connectivity index (χ1n) is 8.84. The second-order valence-electron chi connectivity index (χ2n) is 6.25. The van der Waals surface area contributed by atoms with Crippen molar-refractivity contribution in [1.82, 2.24) is 5.32 Å². The molecule has 0 aliphatic heterocycles. The maximum absolute atomic E-state index is 12.7. The highest BCUT2D eigenvalue weighted by Crippen LogP contribution is 2.33. The zero-order valence-electron chi connectivity index (χ0n) is 16.5. The zero-order chi connectivity index (χ0) is 20.7. The molecule has 28 heavy (non-hydrogen) atoms. The number of rotatable bonds is 9. The number of ether oxygens (including phenoxy) is 2. The van der Waals surface area contributed by atoms with E-state index in [9.17, 15) is 13.2 Å². The van der Waals surface area contributed by atoms with Crippen molar-refractivity contribution in [1.29, 1.82) is 0 Å². The molecule has 2 aromatic rings. The fourth-order valence-corrected chi connectivity index (χ4v) is 3.70. The Morgan fingerprint density at radius 2 is 1.79 bits per heavy atom. The molecule has 0 heterocycles. The van der Waals surface area contributed by atoms with Crippen LogP contribution in [0.2, 0.25) is 0 Å². The Morgan fingerprint density at radius 1 is 1.11 bits per heavy atom. The number of sulfonamides is 1. The monoisotopic (exact) mass is 406 g/mol. The molecule has 0 saturated carbocycles. The number of nitrogens with one attached hydrogen (secondary N) is 1. The summed E-state index contributed by atoms with van der Waals surface area (Å²) in [6.45, 7) is 1.59. The van der Waals surface area contributed by atoms with E-state index >= 15 is 0 Å². The van der Waals surface area contributed by atoms with Crippen LogP contribution in [0.3, 0.4) is 0 Å². The number of amides is 1. The number of carbonyl (C=O) groups excluding carboxylic acids is 1. The van der Waals surface area contributed by atoms with E-state index in [0.717, 1.165) is 16.1 Å². The predicted molar refractivity (Wildman–Crippen MR) is 109 cm³/mol. The van der Waals surface area contributed by atoms with Gasteiger partial charge in [0.15, 0.2) is 0 Å². The fraction of sp³-hybridized carbons (Fsp3) is 0.350. The summed E-state index contributed by atoms with van der Waals surface area (Å²) in [6.07, 6.45) is 1.73. The van der Waals surface area contributed by atoms with Gasteiger partial charge in [0.1, 0.15) is 18.0 Å². The lowest BCUT2D eigenvalue weighted by molar-refractivity contribution is -0.120. The van der Waals surface area contributed by atoms with E-state index in [1.807, 2.05) is 37.3 Å². The number of anilines is 1. The van der Waals surface area contributed by atoms with Gasteiger partial charge >= 0.3 is 0 Å². The van der Waals surface area contributed by atoms with Crippen LogP contribution in [-0.4, -0.2) is 41.3 Å². The summed E-state index contributed by atoms with van der Waals surface area (Å²) in [4.78, 5) is 12.7. The van der Waals surface area contributed by atoms with E-state index in [1.54, 1.807) is 12.1 Å². The molecule has 1 amide bonds. The van der Waals surface area contributed by atoms with Gasteiger partial charge in [-0.1, -0.05) is 37.3 Å². The molecule has 2 rings (SSSR count). The quantitative estimate of drug-likeness (QED) is 0.692. The Balaban J connectivity index is 2.29. The zero-order valence-corrected chi connectivity index (χ0v) is 17.3. The number of benzene rings is 2. The molecule has 8 heteroatoms. The summed E-state index contributed by atoms with van der Waals surface area (Å²) in [6, 6.07) is 14.1. The molecule has 152 valence electrons. The topological polar surface area (TPSA) is 84.9 Å². The van der Waals surface area contributed by atoms with Gasteiger partial charge in [-0.3, -0.25) is 9.10 Å². The van der Waals surface area contributed by atoms with E-state index in [-0.39, 0.29) is 18.3 Å². The SMILES string of the molecule is CC[C@H](NC(=O)CN(c1cc(OC)ccc1OC)S(C)(=O)=O)c1ccccc1. The molecule has 1 N–H and O–H groups in total. The second-order valence-corrected chi connectivity index (χ2v) is 8.15. The van der Waals surface area contributed by atoms with Crippen LogP contribution in [-0.2, 0) is 14.8 Å².